The van der Waals surface area contributed by atoms with Crippen LogP contribution in [0.5, 0.6) is 0 Å². The van der Waals surface area contributed by atoms with Crippen LogP contribution in [-0.4, -0.2) is 34.5 Å². The van der Waals surface area contributed by atoms with Crippen molar-refractivity contribution >= 4 is 29.5 Å². The summed E-state index contributed by atoms with van der Waals surface area (Å²) in [6.07, 6.45) is -4.99. The second-order valence-corrected chi connectivity index (χ2v) is 5.66. The number of nitrogens with one attached hydrogen (secondary N) is 3. The average Bonchev–Trinajstić information content (AvgIpc) is 2.56. The number of hydrogen-bond acceptors (Lipinski definition) is 4. The molecule has 0 aliphatic carbocycles. The van der Waals surface area contributed by atoms with Crippen LogP contribution in [0.2, 0.25) is 0 Å². The first-order chi connectivity index (χ1) is 12.0. The maximum absolute atomic E-state index is 12.9. The topological polar surface area (TPSA) is 111 Å². The fourth-order valence-corrected chi connectivity index (χ4v) is 2.39. The number of halogens is 3. The monoisotopic (exact) mass is 367 g/mol. The van der Waals surface area contributed by atoms with Crippen molar-refractivity contribution in [2.24, 2.45) is 4.99 Å². The van der Waals surface area contributed by atoms with Crippen LogP contribution in [0.15, 0.2) is 21.9 Å². The van der Waals surface area contributed by atoms with Gasteiger partial charge in [0.1, 0.15) is 11.5 Å². The van der Waals surface area contributed by atoms with Crippen LogP contribution < -0.4 is 10.9 Å². The van der Waals surface area contributed by atoms with Gasteiger partial charge >= 0.3 is 6.18 Å². The number of nitrogens with zero attached hydrogens (tertiary/aromatic N) is 2. The third kappa shape index (κ3) is 3.95. The summed E-state index contributed by atoms with van der Waals surface area (Å²) < 4.78 is 38.6. The SMILES string of the molecule is C=NC(=N)[C@H](C)NC(=O)Cc1c(C)c2nc(C(F)(F)F)ccc2[nH]c1=O. The first kappa shape index (κ1) is 19.3. The number of pyridine rings is 2. The molecule has 0 aliphatic heterocycles. The van der Waals surface area contributed by atoms with E-state index in [1.54, 1.807) is 0 Å². The van der Waals surface area contributed by atoms with E-state index in [4.69, 9.17) is 5.41 Å². The van der Waals surface area contributed by atoms with Crippen LogP contribution in [-0.2, 0) is 17.4 Å². The normalized spacial score (nSPS) is 12.7. The predicted octanol–water partition coefficient (Wildman–Crippen LogP) is 1.98. The highest BCUT2D eigenvalue weighted by Crippen LogP contribution is 2.29. The molecule has 138 valence electrons. The van der Waals surface area contributed by atoms with Gasteiger partial charge in [0.05, 0.1) is 23.5 Å². The van der Waals surface area contributed by atoms with Crippen molar-refractivity contribution in [1.29, 1.82) is 5.41 Å². The van der Waals surface area contributed by atoms with Crippen molar-refractivity contribution in [3.8, 4) is 0 Å². The molecule has 2 aromatic heterocycles. The number of aliphatic imine (C=N–C) groups is 1. The Labute approximate surface area is 145 Å². The Bertz CT molecular complexity index is 949. The average molecular weight is 367 g/mol. The molecule has 0 fully saturated rings. The highest BCUT2D eigenvalue weighted by Gasteiger charge is 2.32. The Kier molecular flexibility index (Phi) is 5.24. The van der Waals surface area contributed by atoms with Crippen molar-refractivity contribution in [2.45, 2.75) is 32.5 Å². The lowest BCUT2D eigenvalue weighted by Crippen LogP contribution is -2.39. The van der Waals surface area contributed by atoms with Crippen molar-refractivity contribution in [2.75, 3.05) is 0 Å². The maximum atomic E-state index is 12.9. The maximum Gasteiger partial charge on any atom is 0.433 e. The molecule has 10 heteroatoms. The third-order valence-electron chi connectivity index (χ3n) is 3.81. The molecule has 0 radical (unpaired) electrons. The van der Waals surface area contributed by atoms with Gasteiger partial charge in [-0.2, -0.15) is 13.2 Å². The predicted molar refractivity (Wildman–Crippen MR) is 90.7 cm³/mol. The lowest BCUT2D eigenvalue weighted by Gasteiger charge is -2.13. The number of fused-ring (bicyclic) bond motifs is 1. The number of alkyl halides is 3. The van der Waals surface area contributed by atoms with Gasteiger partial charge in [0.15, 0.2) is 0 Å². The lowest BCUT2D eigenvalue weighted by molar-refractivity contribution is -0.141. The summed E-state index contributed by atoms with van der Waals surface area (Å²) >= 11 is 0. The van der Waals surface area contributed by atoms with Crippen molar-refractivity contribution in [3.05, 3.63) is 39.3 Å². The number of amides is 1. The lowest BCUT2D eigenvalue weighted by atomic mass is 10.0. The number of carbonyl (C=O) groups is 1. The summed E-state index contributed by atoms with van der Waals surface area (Å²) in [5, 5.41) is 9.93. The number of carbonyl (C=O) groups excluding carboxylic acids is 1. The fourth-order valence-electron chi connectivity index (χ4n) is 2.39. The molecule has 26 heavy (non-hydrogen) atoms. The van der Waals surface area contributed by atoms with Gasteiger partial charge in [-0.1, -0.05) is 0 Å². The summed E-state index contributed by atoms with van der Waals surface area (Å²) in [4.78, 5) is 33.7. The largest absolute Gasteiger partial charge is 0.433 e. The highest BCUT2D eigenvalue weighted by atomic mass is 19.4. The minimum absolute atomic E-state index is 0.00659. The van der Waals surface area contributed by atoms with Crippen LogP contribution in [0.3, 0.4) is 0 Å². The first-order valence-corrected chi connectivity index (χ1v) is 7.48. The van der Waals surface area contributed by atoms with E-state index in [0.29, 0.717) is 0 Å². The van der Waals surface area contributed by atoms with E-state index in [-0.39, 0.29) is 34.4 Å². The summed E-state index contributed by atoms with van der Waals surface area (Å²) in [7, 11) is 0. The summed E-state index contributed by atoms with van der Waals surface area (Å²) in [6, 6.07) is 1.19. The number of aryl methyl sites for hydroxylation is 1. The second-order valence-electron chi connectivity index (χ2n) is 5.66. The number of H-pyrrole nitrogens is 1. The van der Waals surface area contributed by atoms with E-state index in [0.717, 1.165) is 12.1 Å². The number of amidine groups is 1. The number of aromatic amines is 1. The molecular weight excluding hydrogens is 351 g/mol. The van der Waals surface area contributed by atoms with Crippen LogP contribution >= 0.6 is 0 Å². The van der Waals surface area contributed by atoms with E-state index < -0.39 is 29.4 Å². The molecular formula is C16H16F3N5O2. The zero-order chi connectivity index (χ0) is 19.6. The zero-order valence-corrected chi connectivity index (χ0v) is 14.0. The van der Waals surface area contributed by atoms with Crippen LogP contribution in [0, 0.1) is 12.3 Å². The Hall–Kier alpha value is -3.04. The van der Waals surface area contributed by atoms with E-state index in [1.807, 2.05) is 0 Å². The van der Waals surface area contributed by atoms with Crippen molar-refractivity contribution in [3.63, 3.8) is 0 Å². The molecule has 1 atom stereocenters. The highest BCUT2D eigenvalue weighted by molar-refractivity contribution is 5.92. The molecule has 2 rings (SSSR count). The molecule has 0 aromatic carbocycles. The van der Waals surface area contributed by atoms with Gasteiger partial charge in [-0.15, -0.1) is 0 Å². The molecule has 0 aliphatic rings. The summed E-state index contributed by atoms with van der Waals surface area (Å²) in [5.74, 6) is -0.732. The molecule has 0 saturated heterocycles. The van der Waals surface area contributed by atoms with E-state index >= 15 is 0 Å². The van der Waals surface area contributed by atoms with Crippen LogP contribution in [0.4, 0.5) is 13.2 Å². The van der Waals surface area contributed by atoms with Crippen LogP contribution in [0.1, 0.15) is 23.7 Å². The first-order valence-electron chi connectivity index (χ1n) is 7.48. The second kappa shape index (κ2) is 7.06. The minimum atomic E-state index is -4.62. The molecule has 0 spiro atoms. The molecule has 2 aromatic rings. The number of rotatable bonds is 4. The molecule has 0 saturated carbocycles. The van der Waals surface area contributed by atoms with E-state index in [2.05, 4.69) is 27.0 Å². The number of hydrogen-bond donors (Lipinski definition) is 3. The Morgan fingerprint density at radius 2 is 2.12 bits per heavy atom. The molecule has 1 amide bonds. The van der Waals surface area contributed by atoms with Gasteiger partial charge < -0.3 is 10.3 Å². The zero-order valence-electron chi connectivity index (χ0n) is 14.0. The van der Waals surface area contributed by atoms with Gasteiger partial charge in [-0.3, -0.25) is 15.0 Å². The number of aromatic nitrogens is 2. The van der Waals surface area contributed by atoms with Crippen molar-refractivity contribution < 1.29 is 18.0 Å². The van der Waals surface area contributed by atoms with Gasteiger partial charge in [0, 0.05) is 5.56 Å². The molecule has 0 unspecified atom stereocenters. The molecule has 0 bridgehead atoms. The quantitative estimate of drug-likeness (QED) is 0.567. The molecule has 2 heterocycles. The van der Waals surface area contributed by atoms with Gasteiger partial charge in [-0.05, 0) is 38.3 Å². The van der Waals surface area contributed by atoms with Crippen LogP contribution in [0.25, 0.3) is 11.0 Å². The Morgan fingerprint density at radius 1 is 1.46 bits per heavy atom. The standard InChI is InChI=1S/C16H16F3N5O2/c1-7-9(6-12(25)22-8(2)14(20)21-3)15(26)23-10-4-5-11(16(17,18)19)24-13(7)10/h4-5,8,20H,3,6H2,1-2H3,(H,22,25)(H,23,26)/t8-/m0/s1. The third-order valence-corrected chi connectivity index (χ3v) is 3.81. The van der Waals surface area contributed by atoms with Gasteiger partial charge in [0.25, 0.3) is 5.56 Å². The van der Waals surface area contributed by atoms with Gasteiger partial charge in [-0.25, -0.2) is 9.98 Å². The summed E-state index contributed by atoms with van der Waals surface area (Å²) in [6.45, 7) is 6.13. The molecule has 3 N–H and O–H groups in total. The Morgan fingerprint density at radius 3 is 2.69 bits per heavy atom. The Balaban J connectivity index is 2.41. The van der Waals surface area contributed by atoms with E-state index in [1.165, 1.54) is 13.8 Å². The smallest absolute Gasteiger partial charge is 0.346 e. The van der Waals surface area contributed by atoms with E-state index in [9.17, 15) is 22.8 Å². The fraction of sp³-hybridized carbons (Fsp3) is 0.312. The molecule has 7 nitrogen and oxygen atoms in total. The summed E-state index contributed by atoms with van der Waals surface area (Å²) in [5.41, 5.74) is -1.36. The minimum Gasteiger partial charge on any atom is -0.346 e. The van der Waals surface area contributed by atoms with Gasteiger partial charge in [0.2, 0.25) is 5.91 Å². The van der Waals surface area contributed by atoms with Crippen molar-refractivity contribution in [1.82, 2.24) is 15.3 Å².